The van der Waals surface area contributed by atoms with Gasteiger partial charge in [-0.2, -0.15) is 0 Å². The maximum Gasteiger partial charge on any atom is 0.261 e. The van der Waals surface area contributed by atoms with Crippen molar-refractivity contribution in [1.82, 2.24) is 4.90 Å². The Morgan fingerprint density at radius 1 is 1.09 bits per heavy atom. The van der Waals surface area contributed by atoms with Crippen molar-refractivity contribution in [3.63, 3.8) is 0 Å². The van der Waals surface area contributed by atoms with Crippen LogP contribution in [0, 0.1) is 5.92 Å². The molecule has 1 fully saturated rings. The second-order valence-corrected chi connectivity index (χ2v) is 9.88. The molecule has 0 aromatic heterocycles. The molecule has 1 N–H and O–H groups in total. The Bertz CT molecular complexity index is 1010. The average Bonchev–Trinajstić information content (AvgIpc) is 3.38. The van der Waals surface area contributed by atoms with Crippen molar-refractivity contribution in [2.24, 2.45) is 5.92 Å². The van der Waals surface area contributed by atoms with Crippen molar-refractivity contribution < 1.29 is 27.9 Å². The van der Waals surface area contributed by atoms with Crippen molar-refractivity contribution in [2.75, 3.05) is 25.5 Å². The maximum atomic E-state index is 11.9. The Kier molecular flexibility index (Phi) is 9.96. The number of carbonyl (C=O) groups excluding carboxylic acids is 2. The minimum Gasteiger partial charge on any atom is -0.392 e. The van der Waals surface area contributed by atoms with E-state index in [1.807, 2.05) is 13.0 Å². The molecule has 2 atom stereocenters. The number of amides is 2. The van der Waals surface area contributed by atoms with E-state index in [9.17, 15) is 23.1 Å². The molecule has 2 aromatic carbocycles. The standard InChI is InChI=1S/C11H11NO3.C11H14O3S.C3H6/c1-7(13)6-12-10(14)8-4-2-3-5-9(8)11(12)15;12-15(13,9-10-6-7-14-8-10)11-4-2-1-3-5-11;1-3-2/h2-5,7,13H,6H2,1H3;1-5,10H,6-9H2;3H,1H2,2H3. The number of nitrogens with zero attached hydrogens (tertiary/aromatic N) is 1. The topological polar surface area (TPSA) is 101 Å². The molecule has 2 aromatic rings. The van der Waals surface area contributed by atoms with Crippen LogP contribution in [0.2, 0.25) is 0 Å². The van der Waals surface area contributed by atoms with Crippen LogP contribution in [0.3, 0.4) is 0 Å². The number of hydrogen-bond acceptors (Lipinski definition) is 6. The zero-order chi connectivity index (χ0) is 24.4. The van der Waals surface area contributed by atoms with E-state index in [1.54, 1.807) is 61.5 Å². The number of aliphatic hydroxyl groups is 1. The van der Waals surface area contributed by atoms with Gasteiger partial charge in [-0.3, -0.25) is 14.5 Å². The molecule has 33 heavy (non-hydrogen) atoms. The molecule has 2 heterocycles. The van der Waals surface area contributed by atoms with Gasteiger partial charge in [0.1, 0.15) is 0 Å². The van der Waals surface area contributed by atoms with Crippen LogP contribution >= 0.6 is 0 Å². The molecule has 0 saturated carbocycles. The maximum absolute atomic E-state index is 11.9. The SMILES string of the molecule is C=CC.CC(O)CN1C(=O)c2ccccc2C1=O.O=S(=O)(CC1CCOC1)c1ccccc1. The zero-order valence-electron chi connectivity index (χ0n) is 19.0. The summed E-state index contributed by atoms with van der Waals surface area (Å²) in [7, 11) is -3.12. The van der Waals surface area contributed by atoms with Crippen molar-refractivity contribution in [2.45, 2.75) is 31.3 Å². The second-order valence-electron chi connectivity index (χ2n) is 7.85. The number of allylic oxidation sites excluding steroid dienone is 1. The largest absolute Gasteiger partial charge is 0.392 e. The molecule has 2 unspecified atom stereocenters. The predicted octanol–water partition coefficient (Wildman–Crippen LogP) is 3.35. The molecule has 8 heteroatoms. The number of rotatable bonds is 5. The van der Waals surface area contributed by atoms with E-state index in [-0.39, 0.29) is 30.0 Å². The summed E-state index contributed by atoms with van der Waals surface area (Å²) in [6, 6.07) is 15.3. The first kappa shape index (κ1) is 26.4. The Labute approximate surface area is 195 Å². The van der Waals surface area contributed by atoms with Crippen molar-refractivity contribution in [3.8, 4) is 0 Å². The Balaban J connectivity index is 0.000000209. The highest BCUT2D eigenvalue weighted by atomic mass is 32.2. The van der Waals surface area contributed by atoms with E-state index in [4.69, 9.17) is 4.74 Å². The molecular formula is C25H31NO6S. The lowest BCUT2D eigenvalue weighted by Crippen LogP contribution is -2.35. The number of hydrogen-bond donors (Lipinski definition) is 1. The number of carbonyl (C=O) groups is 2. The monoisotopic (exact) mass is 473 g/mol. The fourth-order valence-corrected chi connectivity index (χ4v) is 5.07. The van der Waals surface area contributed by atoms with Crippen LogP contribution in [0.1, 0.15) is 41.0 Å². The molecule has 0 spiro atoms. The first-order valence-corrected chi connectivity index (χ1v) is 12.4. The summed E-state index contributed by atoms with van der Waals surface area (Å²) in [6.45, 7) is 8.11. The summed E-state index contributed by atoms with van der Waals surface area (Å²) in [4.78, 5) is 25.0. The van der Waals surface area contributed by atoms with Crippen LogP contribution in [-0.4, -0.2) is 61.9 Å². The van der Waals surface area contributed by atoms with Gasteiger partial charge in [0.05, 0.1) is 41.0 Å². The summed E-state index contributed by atoms with van der Waals surface area (Å²) in [5.74, 6) is -0.278. The van der Waals surface area contributed by atoms with Gasteiger partial charge in [0.15, 0.2) is 9.84 Å². The third-order valence-electron chi connectivity index (χ3n) is 4.91. The summed E-state index contributed by atoms with van der Waals surface area (Å²) >= 11 is 0. The molecular weight excluding hydrogens is 442 g/mol. The van der Waals surface area contributed by atoms with Gasteiger partial charge in [0.2, 0.25) is 0 Å². The van der Waals surface area contributed by atoms with Gasteiger partial charge in [-0.25, -0.2) is 8.42 Å². The number of sulfone groups is 1. The zero-order valence-corrected chi connectivity index (χ0v) is 19.8. The highest BCUT2D eigenvalue weighted by Gasteiger charge is 2.35. The number of β-amino-alcohol motifs (C(OH)–C–C–N with tert-alkyl or cyclic N) is 1. The van der Waals surface area contributed by atoms with Crippen molar-refractivity contribution >= 4 is 21.7 Å². The summed E-state index contributed by atoms with van der Waals surface area (Å²) in [5, 5.41) is 9.18. The lowest BCUT2D eigenvalue weighted by atomic mass is 10.1. The van der Waals surface area contributed by atoms with Crippen molar-refractivity contribution in [1.29, 1.82) is 0 Å². The van der Waals surface area contributed by atoms with Crippen LogP contribution in [0.25, 0.3) is 0 Å². The van der Waals surface area contributed by atoms with E-state index in [0.717, 1.165) is 11.3 Å². The highest BCUT2D eigenvalue weighted by Crippen LogP contribution is 2.22. The molecule has 2 aliphatic heterocycles. The normalized spacial score (nSPS) is 17.9. The first-order chi connectivity index (χ1) is 15.7. The minimum absolute atomic E-state index is 0.0480. The van der Waals surface area contributed by atoms with Crippen LogP contribution in [0.15, 0.2) is 72.1 Å². The van der Waals surface area contributed by atoms with E-state index >= 15 is 0 Å². The number of benzene rings is 2. The molecule has 2 amide bonds. The average molecular weight is 474 g/mol. The highest BCUT2D eigenvalue weighted by molar-refractivity contribution is 7.91. The molecule has 2 aliphatic rings. The molecule has 0 radical (unpaired) electrons. The predicted molar refractivity (Wildman–Crippen MR) is 127 cm³/mol. The van der Waals surface area contributed by atoms with Gasteiger partial charge in [-0.15, -0.1) is 6.58 Å². The van der Waals surface area contributed by atoms with E-state index < -0.39 is 15.9 Å². The minimum atomic E-state index is -3.12. The summed E-state index contributed by atoms with van der Waals surface area (Å²) in [6.07, 6.45) is 1.90. The fraction of sp³-hybridized carbons (Fsp3) is 0.360. The lowest BCUT2D eigenvalue weighted by molar-refractivity contribution is 0.0563. The van der Waals surface area contributed by atoms with Gasteiger partial charge in [0, 0.05) is 6.61 Å². The lowest BCUT2D eigenvalue weighted by Gasteiger charge is -2.15. The van der Waals surface area contributed by atoms with Gasteiger partial charge in [-0.05, 0) is 50.5 Å². The number of imide groups is 1. The smallest absolute Gasteiger partial charge is 0.261 e. The molecule has 7 nitrogen and oxygen atoms in total. The Hall–Kier alpha value is -2.81. The quantitative estimate of drug-likeness (QED) is 0.528. The third-order valence-corrected chi connectivity index (χ3v) is 6.81. The van der Waals surface area contributed by atoms with Gasteiger partial charge in [0.25, 0.3) is 11.8 Å². The summed E-state index contributed by atoms with van der Waals surface area (Å²) < 4.78 is 29.0. The van der Waals surface area contributed by atoms with Crippen molar-refractivity contribution in [3.05, 3.63) is 78.4 Å². The first-order valence-electron chi connectivity index (χ1n) is 10.8. The number of ether oxygens (including phenoxy) is 1. The number of fused-ring (bicyclic) bond motifs is 1. The molecule has 0 aliphatic carbocycles. The van der Waals surface area contributed by atoms with E-state index in [1.165, 1.54) is 0 Å². The number of aliphatic hydroxyl groups excluding tert-OH is 1. The van der Waals surface area contributed by atoms with Crippen LogP contribution in [0.5, 0.6) is 0 Å². The van der Waals surface area contributed by atoms with Crippen LogP contribution < -0.4 is 0 Å². The van der Waals surface area contributed by atoms with Crippen LogP contribution in [-0.2, 0) is 14.6 Å². The van der Waals surface area contributed by atoms with Gasteiger partial charge < -0.3 is 9.84 Å². The molecule has 1 saturated heterocycles. The Morgan fingerprint density at radius 3 is 2.06 bits per heavy atom. The van der Waals surface area contributed by atoms with E-state index in [2.05, 4.69) is 6.58 Å². The molecule has 178 valence electrons. The summed E-state index contributed by atoms with van der Waals surface area (Å²) in [5.41, 5.74) is 0.839. The van der Waals surface area contributed by atoms with Crippen LogP contribution in [0.4, 0.5) is 0 Å². The third kappa shape index (κ3) is 7.35. The second kappa shape index (κ2) is 12.4. The Morgan fingerprint density at radius 2 is 1.61 bits per heavy atom. The molecule has 0 bridgehead atoms. The van der Waals surface area contributed by atoms with E-state index in [0.29, 0.717) is 29.2 Å². The molecule has 4 rings (SSSR count). The fourth-order valence-electron chi connectivity index (χ4n) is 3.42. The van der Waals surface area contributed by atoms with Gasteiger partial charge in [-0.1, -0.05) is 36.4 Å². The van der Waals surface area contributed by atoms with Gasteiger partial charge >= 0.3 is 0 Å².